The molecule has 1 unspecified atom stereocenters. The summed E-state index contributed by atoms with van der Waals surface area (Å²) in [6, 6.07) is 18.7. The van der Waals surface area contributed by atoms with Crippen LogP contribution < -0.4 is 30.7 Å². The van der Waals surface area contributed by atoms with Crippen molar-refractivity contribution >= 4 is 23.1 Å². The van der Waals surface area contributed by atoms with Gasteiger partial charge in [0.05, 0.1) is 6.61 Å². The van der Waals surface area contributed by atoms with Gasteiger partial charge in [-0.1, -0.05) is 36.4 Å². The van der Waals surface area contributed by atoms with Crippen molar-refractivity contribution in [3.63, 3.8) is 0 Å². The normalized spacial score (nSPS) is 20.4. The minimum Gasteiger partial charge on any atom is -0.369 e. The topological polar surface area (TPSA) is 86.0 Å². The van der Waals surface area contributed by atoms with E-state index in [0.29, 0.717) is 50.2 Å². The Morgan fingerprint density at radius 3 is 2.21 bits per heavy atom. The molecule has 3 aromatic rings. The summed E-state index contributed by atoms with van der Waals surface area (Å²) >= 11 is 0. The smallest absolute Gasteiger partial charge is 0.227 e. The molecule has 3 saturated heterocycles. The summed E-state index contributed by atoms with van der Waals surface area (Å²) in [4.78, 5) is 18.5. The Hall–Kier alpha value is -3.47. The van der Waals surface area contributed by atoms with E-state index in [9.17, 15) is 0 Å². The molecule has 3 fully saturated rings. The van der Waals surface area contributed by atoms with E-state index in [-0.39, 0.29) is 5.82 Å². The first-order chi connectivity index (χ1) is 19.2. The maximum absolute atomic E-state index is 16.0. The second-order valence-electron chi connectivity index (χ2n) is 10.2. The molecule has 2 aromatic carbocycles. The van der Waals surface area contributed by atoms with E-state index in [1.807, 2.05) is 12.1 Å². The molecule has 3 aliphatic heterocycles. The molecule has 4 heterocycles. The van der Waals surface area contributed by atoms with Crippen LogP contribution in [-0.2, 0) is 11.3 Å². The van der Waals surface area contributed by atoms with Gasteiger partial charge in [0.1, 0.15) is 11.8 Å². The summed E-state index contributed by atoms with van der Waals surface area (Å²) in [6.45, 7) is 8.46. The number of benzene rings is 2. The fourth-order valence-corrected chi connectivity index (χ4v) is 5.70. The number of ether oxygens (including phenoxy) is 1. The number of piperazine rings is 2. The Bertz CT molecular complexity index is 1240. The molecule has 6 rings (SSSR count). The molecule has 0 spiro atoms. The lowest BCUT2D eigenvalue weighted by atomic mass is 10.1. The number of aromatic nitrogens is 2. The summed E-state index contributed by atoms with van der Waals surface area (Å²) in [6.07, 6.45) is -0.428. The van der Waals surface area contributed by atoms with E-state index in [1.54, 1.807) is 0 Å². The maximum atomic E-state index is 16.0. The van der Waals surface area contributed by atoms with Crippen molar-refractivity contribution in [3.05, 3.63) is 71.7 Å². The highest BCUT2D eigenvalue weighted by atomic mass is 19.1. The number of nitrogens with two attached hydrogens (primary N) is 1. The molecular weight excluding hydrogens is 495 g/mol. The van der Waals surface area contributed by atoms with Gasteiger partial charge in [-0.05, 0) is 23.8 Å². The van der Waals surface area contributed by atoms with Crippen molar-refractivity contribution in [2.45, 2.75) is 12.6 Å². The number of nitrogens with zero attached hydrogens (tertiary/aromatic N) is 6. The molecule has 3 aliphatic rings. The first kappa shape index (κ1) is 25.8. The van der Waals surface area contributed by atoms with Crippen molar-refractivity contribution in [3.8, 4) is 0 Å². The van der Waals surface area contributed by atoms with Gasteiger partial charge in [0.2, 0.25) is 5.95 Å². The third-order valence-electron chi connectivity index (χ3n) is 7.90. The van der Waals surface area contributed by atoms with Crippen LogP contribution in [0.1, 0.15) is 17.4 Å². The van der Waals surface area contributed by atoms with Crippen molar-refractivity contribution in [1.29, 1.82) is 0 Å². The van der Waals surface area contributed by atoms with Gasteiger partial charge in [-0.25, -0.2) is 9.37 Å². The van der Waals surface area contributed by atoms with Gasteiger partial charge < -0.3 is 35.4 Å². The Balaban J connectivity index is 1.23. The second-order valence-corrected chi connectivity index (χ2v) is 10.2. The number of rotatable bonds is 6. The Morgan fingerprint density at radius 1 is 0.821 bits per heavy atom. The minimum absolute atomic E-state index is 0.351. The van der Waals surface area contributed by atoms with E-state index in [4.69, 9.17) is 20.4 Å². The Labute approximate surface area is 229 Å². The zero-order valence-corrected chi connectivity index (χ0v) is 22.3. The van der Waals surface area contributed by atoms with Gasteiger partial charge in [-0.3, -0.25) is 0 Å². The van der Waals surface area contributed by atoms with E-state index in [1.165, 1.54) is 11.4 Å². The first-order valence-electron chi connectivity index (χ1n) is 13.9. The standard InChI is InChI=1S/C29H37FN8O/c30-26-27(25-21-32-10-19-39-25)33-29(38-17-13-36(14-18-38)24-9-5-4-6-22(24)20-31)34-28(26)37-15-11-35(12-16-37)23-7-2-1-3-8-23/h1-9,25,32H,10-21,31H2. The molecule has 0 bridgehead atoms. The highest BCUT2D eigenvalue weighted by Gasteiger charge is 2.31. The summed E-state index contributed by atoms with van der Waals surface area (Å²) < 4.78 is 22.0. The Morgan fingerprint density at radius 2 is 1.49 bits per heavy atom. The number of halogens is 1. The van der Waals surface area contributed by atoms with Gasteiger partial charge in [0.15, 0.2) is 11.6 Å². The highest BCUT2D eigenvalue weighted by Crippen LogP contribution is 2.31. The lowest BCUT2D eigenvalue weighted by molar-refractivity contribution is 0.0226. The van der Waals surface area contributed by atoms with Crippen molar-refractivity contribution in [1.82, 2.24) is 15.3 Å². The molecule has 39 heavy (non-hydrogen) atoms. The summed E-state index contributed by atoms with van der Waals surface area (Å²) in [5.74, 6) is 0.594. The molecule has 0 radical (unpaired) electrons. The molecule has 1 atom stereocenters. The largest absolute Gasteiger partial charge is 0.369 e. The van der Waals surface area contributed by atoms with Crippen molar-refractivity contribution in [2.24, 2.45) is 5.73 Å². The van der Waals surface area contributed by atoms with Crippen LogP contribution >= 0.6 is 0 Å². The summed E-state index contributed by atoms with van der Waals surface area (Å²) in [5.41, 5.74) is 9.86. The molecule has 0 saturated carbocycles. The van der Waals surface area contributed by atoms with E-state index >= 15 is 4.39 Å². The average molecular weight is 533 g/mol. The number of morpholine rings is 1. The minimum atomic E-state index is -0.428. The van der Waals surface area contributed by atoms with Gasteiger partial charge >= 0.3 is 0 Å². The fourth-order valence-electron chi connectivity index (χ4n) is 5.70. The van der Waals surface area contributed by atoms with Gasteiger partial charge in [-0.2, -0.15) is 4.98 Å². The Kier molecular flexibility index (Phi) is 7.76. The quantitative estimate of drug-likeness (QED) is 0.497. The average Bonchev–Trinajstić information content (AvgIpc) is 3.02. The van der Waals surface area contributed by atoms with E-state index in [2.05, 4.69) is 67.4 Å². The zero-order chi connectivity index (χ0) is 26.6. The van der Waals surface area contributed by atoms with Crippen molar-refractivity contribution in [2.75, 3.05) is 91.7 Å². The van der Waals surface area contributed by atoms with Crippen LogP contribution in [0.2, 0.25) is 0 Å². The van der Waals surface area contributed by atoms with Crippen LogP contribution in [0.3, 0.4) is 0 Å². The number of nitrogens with one attached hydrogen (secondary N) is 1. The SMILES string of the molecule is NCc1ccccc1N1CCN(c2nc(C3CNCCO3)c(F)c(N3CCN(c4ccccc4)CC3)n2)CC1. The highest BCUT2D eigenvalue weighted by molar-refractivity contribution is 5.56. The lowest BCUT2D eigenvalue weighted by Gasteiger charge is -2.39. The fraction of sp³-hybridized carbons (Fsp3) is 0.448. The molecule has 1 aromatic heterocycles. The number of anilines is 4. The third-order valence-corrected chi connectivity index (χ3v) is 7.90. The predicted octanol–water partition coefficient (Wildman–Crippen LogP) is 2.39. The summed E-state index contributed by atoms with van der Waals surface area (Å²) in [7, 11) is 0. The van der Waals surface area contributed by atoms with Crippen LogP contribution in [0.5, 0.6) is 0 Å². The molecule has 0 amide bonds. The van der Waals surface area contributed by atoms with Crippen molar-refractivity contribution < 1.29 is 9.13 Å². The first-order valence-corrected chi connectivity index (χ1v) is 13.9. The van der Waals surface area contributed by atoms with E-state index < -0.39 is 6.10 Å². The van der Waals surface area contributed by atoms with Gasteiger partial charge in [0.25, 0.3) is 0 Å². The van der Waals surface area contributed by atoms with Crippen LogP contribution in [0.25, 0.3) is 0 Å². The molecule has 206 valence electrons. The van der Waals surface area contributed by atoms with Crippen LogP contribution in [-0.4, -0.2) is 82.0 Å². The van der Waals surface area contributed by atoms with E-state index in [0.717, 1.165) is 51.4 Å². The lowest BCUT2D eigenvalue weighted by Crippen LogP contribution is -2.49. The monoisotopic (exact) mass is 532 g/mol. The maximum Gasteiger partial charge on any atom is 0.227 e. The molecule has 9 nitrogen and oxygen atoms in total. The molecule has 3 N–H and O–H groups in total. The predicted molar refractivity (Wildman–Crippen MR) is 153 cm³/mol. The van der Waals surface area contributed by atoms with Gasteiger partial charge in [-0.15, -0.1) is 0 Å². The molecular formula is C29H37FN8O. The molecule has 0 aliphatic carbocycles. The molecule has 10 heteroatoms. The van der Waals surface area contributed by atoms with Crippen LogP contribution in [0.4, 0.5) is 27.5 Å². The van der Waals surface area contributed by atoms with Gasteiger partial charge in [0, 0.05) is 83.4 Å². The number of hydrogen-bond donors (Lipinski definition) is 2. The number of para-hydroxylation sites is 2. The van der Waals surface area contributed by atoms with Crippen LogP contribution in [0.15, 0.2) is 54.6 Å². The zero-order valence-electron chi connectivity index (χ0n) is 22.3. The number of hydrogen-bond acceptors (Lipinski definition) is 9. The second kappa shape index (κ2) is 11.7. The third kappa shape index (κ3) is 5.50. The van der Waals surface area contributed by atoms with Crippen LogP contribution in [0, 0.1) is 5.82 Å². The summed E-state index contributed by atoms with van der Waals surface area (Å²) in [5, 5.41) is 3.31.